The lowest BCUT2D eigenvalue weighted by Gasteiger charge is -2.20. The van der Waals surface area contributed by atoms with Crippen LogP contribution in [0.5, 0.6) is 0 Å². The number of carbonyl (C=O) groups excluding carboxylic acids is 3. The smallest absolute Gasteiger partial charge is 0.456 e. The third-order valence-electron chi connectivity index (χ3n) is 2.96. The molecule has 140 valence electrons. The average molecular weight is 364 g/mol. The minimum atomic E-state index is -5.88. The van der Waals surface area contributed by atoms with E-state index in [2.05, 4.69) is 14.2 Å². The van der Waals surface area contributed by atoms with Crippen LogP contribution in [-0.2, 0) is 28.6 Å². The first-order valence-electron chi connectivity index (χ1n) is 6.66. The van der Waals surface area contributed by atoms with Crippen molar-refractivity contribution < 1.29 is 50.5 Å². The van der Waals surface area contributed by atoms with Gasteiger partial charge in [0.1, 0.15) is 6.42 Å². The van der Waals surface area contributed by atoms with Crippen LogP contribution in [0.3, 0.4) is 0 Å². The first-order chi connectivity index (χ1) is 10.7. The van der Waals surface area contributed by atoms with Crippen LogP contribution in [0.1, 0.15) is 33.6 Å². The number of carbonyl (C=O) groups is 3. The van der Waals surface area contributed by atoms with Crippen LogP contribution in [0, 0.1) is 5.41 Å². The normalized spacial score (nSPS) is 12.5. The Balaban J connectivity index is 4.17. The summed E-state index contributed by atoms with van der Waals surface area (Å²) in [6, 6.07) is 0. The number of esters is 3. The van der Waals surface area contributed by atoms with Gasteiger partial charge in [0.2, 0.25) is 6.79 Å². The molecule has 0 saturated heterocycles. The Morgan fingerprint density at radius 3 is 1.83 bits per heavy atom. The molecule has 11 heteroatoms. The van der Waals surface area contributed by atoms with Gasteiger partial charge < -0.3 is 14.2 Å². The number of halogens is 5. The Hall–Kier alpha value is -1.94. The van der Waals surface area contributed by atoms with Crippen molar-refractivity contribution >= 4 is 17.9 Å². The molecule has 0 aliphatic rings. The van der Waals surface area contributed by atoms with Crippen molar-refractivity contribution in [3.63, 3.8) is 0 Å². The van der Waals surface area contributed by atoms with Crippen molar-refractivity contribution in [1.29, 1.82) is 0 Å². The Morgan fingerprint density at radius 1 is 0.875 bits per heavy atom. The summed E-state index contributed by atoms with van der Waals surface area (Å²) >= 11 is 0. The number of ether oxygens (including phenoxy) is 3. The molecule has 0 aromatic heterocycles. The zero-order valence-electron chi connectivity index (χ0n) is 13.2. The zero-order chi connectivity index (χ0) is 19.2. The summed E-state index contributed by atoms with van der Waals surface area (Å²) in [5.74, 6) is -8.85. The van der Waals surface area contributed by atoms with Gasteiger partial charge in [-0.05, 0) is 20.3 Å². The maximum absolute atomic E-state index is 12.5. The summed E-state index contributed by atoms with van der Waals surface area (Å²) in [7, 11) is 0. The van der Waals surface area contributed by atoms with Gasteiger partial charge in [-0.3, -0.25) is 14.4 Å². The van der Waals surface area contributed by atoms with Crippen LogP contribution in [0.15, 0.2) is 0 Å². The Bertz CT molecular complexity index is 472. The predicted molar refractivity (Wildman–Crippen MR) is 67.7 cm³/mol. The summed E-state index contributed by atoms with van der Waals surface area (Å²) in [5, 5.41) is 0. The number of alkyl halides is 5. The van der Waals surface area contributed by atoms with Crippen molar-refractivity contribution in [3.8, 4) is 0 Å². The van der Waals surface area contributed by atoms with E-state index in [1.807, 2.05) is 0 Å². The topological polar surface area (TPSA) is 78.9 Å². The number of hydrogen-bond donors (Lipinski definition) is 0. The highest BCUT2D eigenvalue weighted by Gasteiger charge is 2.58. The second-order valence-corrected chi connectivity index (χ2v) is 5.34. The summed E-state index contributed by atoms with van der Waals surface area (Å²) < 4.78 is 73.1. The van der Waals surface area contributed by atoms with Gasteiger partial charge in [-0.1, -0.05) is 6.92 Å². The highest BCUT2D eigenvalue weighted by atomic mass is 19.4. The fourth-order valence-electron chi connectivity index (χ4n) is 0.961. The van der Waals surface area contributed by atoms with Crippen LogP contribution in [0.2, 0.25) is 0 Å². The molecule has 0 N–H and O–H groups in total. The highest BCUT2D eigenvalue weighted by molar-refractivity contribution is 5.91. The second-order valence-electron chi connectivity index (χ2n) is 5.34. The van der Waals surface area contributed by atoms with Crippen LogP contribution in [0.4, 0.5) is 22.0 Å². The maximum atomic E-state index is 12.5. The monoisotopic (exact) mass is 364 g/mol. The second kappa shape index (κ2) is 8.25. The molecule has 0 fully saturated rings. The standard InChI is InChI=1S/C13H17F5O6/c1-4-11(2,3)10(21)24-7-23-9(20)5-8(19)22-6-12(14,15)13(16,17)18/h4-7H2,1-3H3. The lowest BCUT2D eigenvalue weighted by molar-refractivity contribution is -0.294. The van der Waals surface area contributed by atoms with Gasteiger partial charge in [0.15, 0.2) is 6.61 Å². The average Bonchev–Trinajstić information content (AvgIpc) is 2.43. The van der Waals surface area contributed by atoms with E-state index in [0.717, 1.165) is 0 Å². The number of hydrogen-bond acceptors (Lipinski definition) is 6. The summed E-state index contributed by atoms with van der Waals surface area (Å²) in [6.45, 7) is 1.81. The Morgan fingerprint density at radius 2 is 1.38 bits per heavy atom. The maximum Gasteiger partial charge on any atom is 0.456 e. The quantitative estimate of drug-likeness (QED) is 0.285. The minimum Gasteiger partial charge on any atom is -0.458 e. The molecule has 0 aromatic rings. The van der Waals surface area contributed by atoms with Gasteiger partial charge in [-0.25, -0.2) is 0 Å². The fourth-order valence-corrected chi connectivity index (χ4v) is 0.961. The molecule has 0 radical (unpaired) electrons. The van der Waals surface area contributed by atoms with Crippen LogP contribution < -0.4 is 0 Å². The molecule has 0 saturated carbocycles. The predicted octanol–water partition coefficient (Wildman–Crippen LogP) is 2.60. The third-order valence-corrected chi connectivity index (χ3v) is 2.96. The highest BCUT2D eigenvalue weighted by Crippen LogP contribution is 2.35. The molecule has 0 unspecified atom stereocenters. The molecule has 0 aliphatic carbocycles. The van der Waals surface area contributed by atoms with Gasteiger partial charge in [0, 0.05) is 0 Å². The number of rotatable bonds is 8. The van der Waals surface area contributed by atoms with E-state index in [9.17, 15) is 36.3 Å². The molecule has 0 aliphatic heterocycles. The van der Waals surface area contributed by atoms with Crippen molar-refractivity contribution in [2.75, 3.05) is 13.4 Å². The summed E-state index contributed by atoms with van der Waals surface area (Å²) in [5.41, 5.74) is -0.825. The molecule has 6 nitrogen and oxygen atoms in total. The van der Waals surface area contributed by atoms with Crippen molar-refractivity contribution in [2.45, 2.75) is 45.7 Å². The first-order valence-corrected chi connectivity index (χ1v) is 6.66. The minimum absolute atomic E-state index is 0.444. The fraction of sp³-hybridized carbons (Fsp3) is 0.769. The summed E-state index contributed by atoms with van der Waals surface area (Å²) in [6.07, 6.45) is -6.64. The van der Waals surface area contributed by atoms with Gasteiger partial charge in [0.25, 0.3) is 0 Å². The molecule has 0 spiro atoms. The first kappa shape index (κ1) is 22.1. The van der Waals surface area contributed by atoms with Gasteiger partial charge >= 0.3 is 30.0 Å². The molecule has 0 rings (SSSR count). The van der Waals surface area contributed by atoms with E-state index in [-0.39, 0.29) is 0 Å². The molecule has 0 aromatic carbocycles. The van der Waals surface area contributed by atoms with Gasteiger partial charge in [-0.15, -0.1) is 0 Å². The summed E-state index contributed by atoms with van der Waals surface area (Å²) in [4.78, 5) is 33.7. The molecular formula is C13H17F5O6. The van der Waals surface area contributed by atoms with Gasteiger partial charge in [-0.2, -0.15) is 22.0 Å². The van der Waals surface area contributed by atoms with E-state index < -0.39 is 55.2 Å². The van der Waals surface area contributed by atoms with Gasteiger partial charge in [0.05, 0.1) is 5.41 Å². The van der Waals surface area contributed by atoms with E-state index in [1.165, 1.54) is 0 Å². The van der Waals surface area contributed by atoms with Crippen molar-refractivity contribution in [2.24, 2.45) is 5.41 Å². The van der Waals surface area contributed by atoms with Crippen molar-refractivity contribution in [3.05, 3.63) is 0 Å². The molecule has 0 bridgehead atoms. The molecule has 24 heavy (non-hydrogen) atoms. The van der Waals surface area contributed by atoms with Crippen LogP contribution in [0.25, 0.3) is 0 Å². The van der Waals surface area contributed by atoms with E-state index in [0.29, 0.717) is 6.42 Å². The third kappa shape index (κ3) is 7.09. The van der Waals surface area contributed by atoms with E-state index >= 15 is 0 Å². The van der Waals surface area contributed by atoms with E-state index in [4.69, 9.17) is 0 Å². The van der Waals surface area contributed by atoms with E-state index in [1.54, 1.807) is 20.8 Å². The molecule has 0 atom stereocenters. The zero-order valence-corrected chi connectivity index (χ0v) is 13.2. The van der Waals surface area contributed by atoms with Crippen LogP contribution in [-0.4, -0.2) is 43.4 Å². The molecular weight excluding hydrogens is 347 g/mol. The molecule has 0 amide bonds. The molecule has 0 heterocycles. The lowest BCUT2D eigenvalue weighted by atomic mass is 9.91. The largest absolute Gasteiger partial charge is 0.458 e. The Kier molecular flexibility index (Phi) is 7.58. The van der Waals surface area contributed by atoms with Crippen molar-refractivity contribution in [1.82, 2.24) is 0 Å². The lowest BCUT2D eigenvalue weighted by Crippen LogP contribution is -2.41. The van der Waals surface area contributed by atoms with Crippen LogP contribution >= 0.6 is 0 Å². The Labute approximate surface area is 134 Å². The SMILES string of the molecule is CCC(C)(C)C(=O)OCOC(=O)CC(=O)OCC(F)(F)C(F)(F)F.